The van der Waals surface area contributed by atoms with E-state index in [1.54, 1.807) is 30.3 Å². The van der Waals surface area contributed by atoms with Gasteiger partial charge in [-0.05, 0) is 82.1 Å². The molecule has 8 atom stereocenters. The zero-order chi connectivity index (χ0) is 55.3. The van der Waals surface area contributed by atoms with Crippen LogP contribution in [0.5, 0.6) is 0 Å². The molecule has 3 saturated heterocycles. The molecule has 1 aromatic carbocycles. The second-order valence-corrected chi connectivity index (χ2v) is 20.0. The Kier molecular flexibility index (Phi) is 23.5. The predicted octanol–water partition coefficient (Wildman–Crippen LogP) is -3.26. The largest absolute Gasteiger partial charge is 0.480 e. The fourth-order valence-corrected chi connectivity index (χ4v) is 10.5. The van der Waals surface area contributed by atoms with Crippen molar-refractivity contribution in [3.63, 3.8) is 0 Å². The van der Waals surface area contributed by atoms with Crippen molar-refractivity contribution in [3.05, 3.63) is 35.9 Å². The van der Waals surface area contributed by atoms with E-state index in [2.05, 4.69) is 36.6 Å². The van der Waals surface area contributed by atoms with Crippen LogP contribution < -0.4 is 55.3 Å². The Labute approximate surface area is 442 Å². The van der Waals surface area contributed by atoms with Crippen molar-refractivity contribution in [2.75, 3.05) is 45.9 Å². The molecule has 420 valence electrons. The molecule has 17 N–H and O–H groups in total. The second-order valence-electron chi connectivity index (χ2n) is 20.0. The van der Waals surface area contributed by atoms with Crippen molar-refractivity contribution in [3.8, 4) is 0 Å². The summed E-state index contributed by atoms with van der Waals surface area (Å²) in [5.74, 6) is -6.56. The number of carbonyl (C=O) groups excluding carboxylic acids is 8. The molecule has 0 spiro atoms. The number of aliphatic hydroxyl groups is 1. The Bertz CT molecular complexity index is 2240. The van der Waals surface area contributed by atoms with Crippen LogP contribution in [0.15, 0.2) is 40.3 Å². The molecule has 0 radical (unpaired) electrons. The molecule has 0 aromatic heterocycles. The van der Waals surface area contributed by atoms with Crippen LogP contribution in [0.3, 0.4) is 0 Å². The summed E-state index contributed by atoms with van der Waals surface area (Å²) >= 11 is 0. The molecule has 76 heavy (non-hydrogen) atoms. The van der Waals surface area contributed by atoms with E-state index in [-0.39, 0.29) is 81.4 Å². The van der Waals surface area contributed by atoms with Gasteiger partial charge in [0.1, 0.15) is 42.3 Å². The molecule has 26 heteroatoms. The van der Waals surface area contributed by atoms with Gasteiger partial charge in [0.2, 0.25) is 47.3 Å². The number of aliphatic carboxylic acids is 1. The number of carboxylic acids is 1. The van der Waals surface area contributed by atoms with Crippen molar-refractivity contribution in [1.29, 1.82) is 0 Å². The molecule has 4 aliphatic rings. The maximum absolute atomic E-state index is 14.2. The number of hydrogen-bond acceptors (Lipinski definition) is 13. The summed E-state index contributed by atoms with van der Waals surface area (Å²) in [4.78, 5) is 135. The molecule has 1 aromatic rings. The van der Waals surface area contributed by atoms with Gasteiger partial charge in [0, 0.05) is 39.1 Å². The highest BCUT2D eigenvalue weighted by Gasteiger charge is 2.44. The highest BCUT2D eigenvalue weighted by atomic mass is 16.4. The normalized spacial score (nSPS) is 20.5. The van der Waals surface area contributed by atoms with Crippen molar-refractivity contribution < 1.29 is 53.4 Å². The van der Waals surface area contributed by atoms with Gasteiger partial charge < -0.3 is 80.2 Å². The van der Waals surface area contributed by atoms with Crippen molar-refractivity contribution in [1.82, 2.24) is 41.3 Å². The summed E-state index contributed by atoms with van der Waals surface area (Å²) in [5.41, 5.74) is 28.4. The highest BCUT2D eigenvalue weighted by Crippen LogP contribution is 2.29. The molecule has 8 amide bonds. The monoisotopic (exact) mass is 1070 g/mol. The predicted molar refractivity (Wildman–Crippen MR) is 279 cm³/mol. The summed E-state index contributed by atoms with van der Waals surface area (Å²) < 4.78 is 0. The molecule has 0 unspecified atom stereocenters. The number of nitrogens with two attached hydrogens (primary N) is 5. The average molecular weight is 1070 g/mol. The molecule has 4 fully saturated rings. The van der Waals surface area contributed by atoms with E-state index in [4.69, 9.17) is 28.7 Å². The number of aliphatic imine (C=N–C) groups is 2. The number of nitrogens with zero attached hydrogens (tertiary/aromatic N) is 5. The molecule has 3 heterocycles. The standard InChI is InChI=1S/C50H79N15O11/c51-32(16-7-21-56-49(52)53)45(72)65-25-11-20-39(65)47(74)64-24-9-18-37(64)43(70)58-28-40(67)59-34(26-30-12-3-1-4-13-30)41(68)62-36(29-66)46(73)63-23-10-19-38(63)44(71)61-35(27-31-14-5-2-6-15-31)42(69)60-33(48(75)76)17-8-22-57-50(54)55/h2,5-6,14-15,30,32-39,66H,1,3-4,7-13,16-29,51H2,(H,58,70)(H,59,67)(H,60,69)(H,61,71)(H,62,68)(H,75,76)(H4,52,53,56)(H4,54,55,57)/t32-,33-,34-,35-,36-,37-,38-,39-/m0/s1. The van der Waals surface area contributed by atoms with E-state index in [9.17, 15) is 53.4 Å². The third kappa shape index (κ3) is 17.8. The van der Waals surface area contributed by atoms with Gasteiger partial charge in [-0.15, -0.1) is 0 Å². The van der Waals surface area contributed by atoms with Crippen molar-refractivity contribution in [2.24, 2.45) is 44.6 Å². The van der Waals surface area contributed by atoms with E-state index in [0.29, 0.717) is 63.6 Å². The van der Waals surface area contributed by atoms with Crippen LogP contribution >= 0.6 is 0 Å². The first-order chi connectivity index (χ1) is 36.4. The van der Waals surface area contributed by atoms with Gasteiger partial charge in [0.25, 0.3) is 0 Å². The first kappa shape index (κ1) is 59.8. The quantitative estimate of drug-likeness (QED) is 0.0234. The lowest BCUT2D eigenvalue weighted by Gasteiger charge is -2.32. The van der Waals surface area contributed by atoms with Gasteiger partial charge in [-0.1, -0.05) is 62.4 Å². The highest BCUT2D eigenvalue weighted by molar-refractivity contribution is 5.98. The van der Waals surface area contributed by atoms with Crippen LogP contribution in [-0.4, -0.2) is 184 Å². The Balaban J connectivity index is 1.20. The molecule has 0 bridgehead atoms. The number of carboxylic acid groups (broad SMARTS) is 1. The summed E-state index contributed by atoms with van der Waals surface area (Å²) in [6, 6.07) is -0.277. The zero-order valence-electron chi connectivity index (χ0n) is 43.2. The molecule has 5 rings (SSSR count). The van der Waals surface area contributed by atoms with Crippen LogP contribution in [0.4, 0.5) is 0 Å². The summed E-state index contributed by atoms with van der Waals surface area (Å²) in [5, 5.41) is 33.6. The number of rotatable bonds is 27. The average Bonchev–Trinajstić information content (AvgIpc) is 4.22. The lowest BCUT2D eigenvalue weighted by Crippen LogP contribution is -2.60. The fourth-order valence-electron chi connectivity index (χ4n) is 10.5. The summed E-state index contributed by atoms with van der Waals surface area (Å²) in [6.45, 7) is -0.280. The van der Waals surface area contributed by atoms with Gasteiger partial charge in [-0.25, -0.2) is 4.79 Å². The SMILES string of the molecule is NC(N)=NCCC[C@H](NC(=O)[C@H](Cc1ccccc1)NC(=O)[C@@H]1CCCN1C(=O)[C@H](CO)NC(=O)[C@H](CC1CCCCC1)NC(=O)CNC(=O)[C@@H]1CCCN1C(=O)[C@@H]1CCCN1C(=O)[C@@H](N)CCCN=C(N)N)C(=O)O. The molecule has 3 aliphatic heterocycles. The number of nitrogens with one attached hydrogen (secondary N) is 5. The van der Waals surface area contributed by atoms with Gasteiger partial charge in [-0.2, -0.15) is 0 Å². The molecular weight excluding hydrogens is 987 g/mol. The number of likely N-dealkylation sites (tertiary alicyclic amines) is 3. The van der Waals surface area contributed by atoms with Crippen LogP contribution in [0.25, 0.3) is 0 Å². The minimum atomic E-state index is -1.53. The van der Waals surface area contributed by atoms with E-state index in [1.807, 2.05) is 0 Å². The van der Waals surface area contributed by atoms with Crippen LogP contribution in [0.1, 0.15) is 108 Å². The van der Waals surface area contributed by atoms with Crippen molar-refractivity contribution in [2.45, 2.75) is 157 Å². The maximum Gasteiger partial charge on any atom is 0.326 e. The summed E-state index contributed by atoms with van der Waals surface area (Å²) in [7, 11) is 0. The van der Waals surface area contributed by atoms with E-state index in [1.165, 1.54) is 14.7 Å². The Morgan fingerprint density at radius 1 is 0.605 bits per heavy atom. The van der Waals surface area contributed by atoms with Crippen LogP contribution in [0.2, 0.25) is 0 Å². The smallest absolute Gasteiger partial charge is 0.326 e. The summed E-state index contributed by atoms with van der Waals surface area (Å²) in [6.07, 6.45) is 8.01. The Morgan fingerprint density at radius 2 is 1.16 bits per heavy atom. The Morgan fingerprint density at radius 3 is 1.76 bits per heavy atom. The number of amides is 8. The molecular formula is C50H79N15O11. The molecule has 26 nitrogen and oxygen atoms in total. The van der Waals surface area contributed by atoms with Crippen LogP contribution in [0, 0.1) is 5.92 Å². The number of carbonyl (C=O) groups is 9. The minimum Gasteiger partial charge on any atom is -0.480 e. The molecule has 1 saturated carbocycles. The minimum absolute atomic E-state index is 0.0117. The third-order valence-electron chi connectivity index (χ3n) is 14.4. The van der Waals surface area contributed by atoms with Gasteiger partial charge in [-0.3, -0.25) is 48.3 Å². The molecule has 1 aliphatic carbocycles. The maximum atomic E-state index is 14.2. The number of aliphatic hydroxyl groups excluding tert-OH is 1. The Hall–Kier alpha value is -7.09. The van der Waals surface area contributed by atoms with E-state index in [0.717, 1.165) is 32.1 Å². The third-order valence-corrected chi connectivity index (χ3v) is 14.4. The fraction of sp³-hybridized carbons (Fsp3) is 0.660. The first-order valence-electron chi connectivity index (χ1n) is 26.5. The topological polar surface area (TPSA) is 419 Å². The van der Waals surface area contributed by atoms with E-state index < -0.39 is 103 Å². The second kappa shape index (κ2) is 29.9. The van der Waals surface area contributed by atoms with Crippen LogP contribution in [-0.2, 0) is 49.6 Å². The first-order valence-corrected chi connectivity index (χ1v) is 26.5. The lowest BCUT2D eigenvalue weighted by molar-refractivity contribution is -0.147. The zero-order valence-corrected chi connectivity index (χ0v) is 43.2. The number of benzene rings is 1. The van der Waals surface area contributed by atoms with E-state index >= 15 is 0 Å². The van der Waals surface area contributed by atoms with Gasteiger partial charge in [0.15, 0.2) is 11.9 Å². The number of guanidine groups is 2. The van der Waals surface area contributed by atoms with Gasteiger partial charge >= 0.3 is 5.97 Å². The van der Waals surface area contributed by atoms with Crippen molar-refractivity contribution >= 4 is 65.1 Å². The number of hydrogen-bond donors (Lipinski definition) is 12. The van der Waals surface area contributed by atoms with Gasteiger partial charge in [0.05, 0.1) is 19.2 Å². The lowest BCUT2D eigenvalue weighted by atomic mass is 9.84.